The van der Waals surface area contributed by atoms with Crippen molar-refractivity contribution in [3.05, 3.63) is 35.8 Å². The van der Waals surface area contributed by atoms with Crippen molar-refractivity contribution in [1.29, 1.82) is 0 Å². The third-order valence-electron chi connectivity index (χ3n) is 7.07. The number of rotatable bonds is 3. The summed E-state index contributed by atoms with van der Waals surface area (Å²) in [6, 6.07) is 1.77. The van der Waals surface area contributed by atoms with Gasteiger partial charge in [0.05, 0.1) is 24.7 Å². The summed E-state index contributed by atoms with van der Waals surface area (Å²) in [5.74, 6) is 0.152. The highest BCUT2D eigenvalue weighted by molar-refractivity contribution is 6.00. The Morgan fingerprint density at radius 1 is 1.44 bits per heavy atom. The van der Waals surface area contributed by atoms with Gasteiger partial charge in [-0.25, -0.2) is 0 Å². The van der Waals surface area contributed by atoms with Gasteiger partial charge in [-0.15, -0.1) is 0 Å². The Bertz CT molecular complexity index is 693. The molecule has 2 N–H and O–H groups in total. The number of furan rings is 1. The highest BCUT2D eigenvalue weighted by Crippen LogP contribution is 2.61. The van der Waals surface area contributed by atoms with Gasteiger partial charge >= 0.3 is 0 Å². The van der Waals surface area contributed by atoms with E-state index in [1.54, 1.807) is 18.6 Å². The number of aliphatic hydroxyl groups excluding tert-OH is 2. The summed E-state index contributed by atoms with van der Waals surface area (Å²) in [5.41, 5.74) is 0.459. The second-order valence-corrected chi connectivity index (χ2v) is 8.19. The van der Waals surface area contributed by atoms with Gasteiger partial charge in [0.1, 0.15) is 12.2 Å². The summed E-state index contributed by atoms with van der Waals surface area (Å²) in [6.07, 6.45) is 6.61. The van der Waals surface area contributed by atoms with Crippen LogP contribution in [0.2, 0.25) is 0 Å². The average molecular weight is 346 g/mol. The molecule has 6 atom stereocenters. The molecule has 0 amide bonds. The van der Waals surface area contributed by atoms with Gasteiger partial charge in [0.15, 0.2) is 5.78 Å². The number of aliphatic hydroxyl groups is 2. The van der Waals surface area contributed by atoms with Crippen molar-refractivity contribution in [3.63, 3.8) is 0 Å². The van der Waals surface area contributed by atoms with Gasteiger partial charge in [0.25, 0.3) is 0 Å². The molecular weight excluding hydrogens is 320 g/mol. The number of ether oxygens (including phenoxy) is 1. The van der Waals surface area contributed by atoms with Crippen LogP contribution in [0.5, 0.6) is 0 Å². The molecule has 0 bridgehead atoms. The first-order valence-electron chi connectivity index (χ1n) is 9.14. The standard InChI is InChI=1S/C20H26O5/c1-12-15(21)9-20-14(17(23)11-25-20)4-3-5-18(20)19(12,2)8-16(22)13-6-7-24-10-13/h4,6-7,10,12,15-16,18,21-22H,3,5,8-9,11H2,1-2H3/t12-,15-,16-,18-,19+,20-/m1/s1. The normalized spacial score (nSPS) is 41.8. The highest BCUT2D eigenvalue weighted by atomic mass is 16.5. The van der Waals surface area contributed by atoms with Gasteiger partial charge < -0.3 is 19.4 Å². The maximum atomic E-state index is 12.3. The Hall–Kier alpha value is -1.43. The monoisotopic (exact) mass is 346 g/mol. The lowest BCUT2D eigenvalue weighted by Gasteiger charge is -2.58. The number of carbonyl (C=O) groups is 1. The summed E-state index contributed by atoms with van der Waals surface area (Å²) in [5, 5.41) is 21.6. The topological polar surface area (TPSA) is 79.9 Å². The molecule has 1 aliphatic heterocycles. The third-order valence-corrected chi connectivity index (χ3v) is 7.07. The van der Waals surface area contributed by atoms with Crippen molar-refractivity contribution < 1.29 is 24.2 Å². The molecule has 0 aromatic carbocycles. The summed E-state index contributed by atoms with van der Waals surface area (Å²) < 4.78 is 11.2. The van der Waals surface area contributed by atoms with Crippen LogP contribution in [0.4, 0.5) is 0 Å². The maximum absolute atomic E-state index is 12.3. The fourth-order valence-corrected chi connectivity index (χ4v) is 5.53. The van der Waals surface area contributed by atoms with Crippen LogP contribution >= 0.6 is 0 Å². The van der Waals surface area contributed by atoms with E-state index in [1.807, 2.05) is 13.0 Å². The molecule has 1 spiro atoms. The lowest BCUT2D eigenvalue weighted by Crippen LogP contribution is -2.60. The molecule has 25 heavy (non-hydrogen) atoms. The van der Waals surface area contributed by atoms with Crippen molar-refractivity contribution in [2.45, 2.75) is 57.3 Å². The van der Waals surface area contributed by atoms with E-state index in [2.05, 4.69) is 6.92 Å². The highest BCUT2D eigenvalue weighted by Gasteiger charge is 2.63. The smallest absolute Gasteiger partial charge is 0.187 e. The van der Waals surface area contributed by atoms with Crippen molar-refractivity contribution in [2.75, 3.05) is 6.61 Å². The van der Waals surface area contributed by atoms with E-state index in [0.29, 0.717) is 12.8 Å². The van der Waals surface area contributed by atoms with Gasteiger partial charge in [0, 0.05) is 17.6 Å². The van der Waals surface area contributed by atoms with Crippen molar-refractivity contribution in [2.24, 2.45) is 17.3 Å². The van der Waals surface area contributed by atoms with Crippen LogP contribution in [-0.4, -0.2) is 34.3 Å². The zero-order chi connectivity index (χ0) is 17.8. The molecule has 1 aromatic heterocycles. The molecule has 2 fully saturated rings. The van der Waals surface area contributed by atoms with Gasteiger partial charge in [0.2, 0.25) is 0 Å². The molecular formula is C20H26O5. The van der Waals surface area contributed by atoms with Crippen LogP contribution < -0.4 is 0 Å². The molecule has 2 heterocycles. The Balaban J connectivity index is 1.73. The number of allylic oxidation sites excluding steroid dienone is 1. The zero-order valence-corrected chi connectivity index (χ0v) is 14.8. The van der Waals surface area contributed by atoms with Crippen LogP contribution in [-0.2, 0) is 9.53 Å². The van der Waals surface area contributed by atoms with Crippen molar-refractivity contribution >= 4 is 5.78 Å². The zero-order valence-electron chi connectivity index (χ0n) is 14.8. The number of hydrogen-bond donors (Lipinski definition) is 2. The summed E-state index contributed by atoms with van der Waals surface area (Å²) in [6.45, 7) is 4.28. The lowest BCUT2D eigenvalue weighted by molar-refractivity contribution is -0.180. The first-order chi connectivity index (χ1) is 11.9. The average Bonchev–Trinajstić information content (AvgIpc) is 3.22. The Kier molecular flexibility index (Phi) is 3.94. The Morgan fingerprint density at radius 2 is 2.24 bits per heavy atom. The minimum atomic E-state index is -0.688. The van der Waals surface area contributed by atoms with E-state index in [9.17, 15) is 15.0 Å². The minimum absolute atomic E-state index is 0.00308. The van der Waals surface area contributed by atoms with Crippen molar-refractivity contribution in [3.8, 4) is 0 Å². The van der Waals surface area contributed by atoms with E-state index in [0.717, 1.165) is 24.0 Å². The largest absolute Gasteiger partial charge is 0.472 e. The molecule has 1 saturated carbocycles. The van der Waals surface area contributed by atoms with Gasteiger partial charge in [-0.3, -0.25) is 4.79 Å². The maximum Gasteiger partial charge on any atom is 0.187 e. The molecule has 1 aromatic rings. The predicted molar refractivity (Wildman–Crippen MR) is 90.7 cm³/mol. The summed E-state index contributed by atoms with van der Waals surface area (Å²) in [4.78, 5) is 12.3. The molecule has 5 nitrogen and oxygen atoms in total. The number of Topliss-reactive ketones (excluding diaryl/α,β-unsaturated/α-hetero) is 1. The molecule has 2 aliphatic carbocycles. The molecule has 3 aliphatic rings. The van der Waals surface area contributed by atoms with E-state index in [4.69, 9.17) is 9.15 Å². The number of ketones is 1. The van der Waals surface area contributed by atoms with Gasteiger partial charge in [-0.1, -0.05) is 19.9 Å². The molecule has 0 unspecified atom stereocenters. The molecule has 1 saturated heterocycles. The SMILES string of the molecule is C[C@@H]1[C@H](O)C[C@@]23OCC(=O)C2=CCC[C@@H]3[C@@]1(C)C[C@@H](O)c1ccoc1. The molecule has 136 valence electrons. The van der Waals surface area contributed by atoms with Crippen LogP contribution in [0.3, 0.4) is 0 Å². The van der Waals surface area contributed by atoms with Crippen LogP contribution in [0.1, 0.15) is 51.2 Å². The van der Waals surface area contributed by atoms with Crippen molar-refractivity contribution in [1.82, 2.24) is 0 Å². The molecule has 0 radical (unpaired) electrons. The van der Waals surface area contributed by atoms with E-state index < -0.39 is 17.8 Å². The quantitative estimate of drug-likeness (QED) is 0.880. The van der Waals surface area contributed by atoms with E-state index in [1.165, 1.54) is 0 Å². The van der Waals surface area contributed by atoms with Crippen LogP contribution in [0, 0.1) is 17.3 Å². The lowest BCUT2D eigenvalue weighted by atomic mass is 9.49. The predicted octanol–water partition coefficient (Wildman–Crippen LogP) is 2.78. The van der Waals surface area contributed by atoms with Gasteiger partial charge in [-0.05, 0) is 42.6 Å². The number of hydrogen-bond acceptors (Lipinski definition) is 5. The van der Waals surface area contributed by atoms with Crippen LogP contribution in [0.25, 0.3) is 0 Å². The summed E-state index contributed by atoms with van der Waals surface area (Å²) in [7, 11) is 0. The first-order valence-corrected chi connectivity index (χ1v) is 9.14. The van der Waals surface area contributed by atoms with E-state index in [-0.39, 0.29) is 29.6 Å². The van der Waals surface area contributed by atoms with Crippen LogP contribution in [0.15, 0.2) is 34.7 Å². The Morgan fingerprint density at radius 3 is 2.96 bits per heavy atom. The van der Waals surface area contributed by atoms with E-state index >= 15 is 0 Å². The second-order valence-electron chi connectivity index (χ2n) is 8.19. The summed E-state index contributed by atoms with van der Waals surface area (Å²) >= 11 is 0. The molecule has 5 heteroatoms. The first kappa shape index (κ1) is 17.0. The fraction of sp³-hybridized carbons (Fsp3) is 0.650. The fourth-order valence-electron chi connectivity index (χ4n) is 5.53. The van der Waals surface area contributed by atoms with Gasteiger partial charge in [-0.2, -0.15) is 0 Å². The Labute approximate surface area is 147 Å². The number of carbonyl (C=O) groups excluding carboxylic acids is 1. The molecule has 4 rings (SSSR count). The third kappa shape index (κ3) is 2.36. The second kappa shape index (κ2) is 5.79. The minimum Gasteiger partial charge on any atom is -0.472 e.